The zero-order valence-corrected chi connectivity index (χ0v) is 15.6. The van der Waals surface area contributed by atoms with E-state index in [0.29, 0.717) is 10.7 Å². The van der Waals surface area contributed by atoms with Gasteiger partial charge in [-0.15, -0.1) is 0 Å². The Bertz CT molecular complexity index is 1040. The molecule has 27 heavy (non-hydrogen) atoms. The van der Waals surface area contributed by atoms with Crippen LogP contribution >= 0.6 is 11.6 Å². The fourth-order valence-electron chi connectivity index (χ4n) is 2.66. The summed E-state index contributed by atoms with van der Waals surface area (Å²) in [6, 6.07) is 7.18. The van der Waals surface area contributed by atoms with Crippen molar-refractivity contribution < 1.29 is 16.1 Å². The molecule has 6 N–H and O–H groups in total. The summed E-state index contributed by atoms with van der Waals surface area (Å²) in [5.41, 5.74) is 0.492. The van der Waals surface area contributed by atoms with Crippen LogP contribution in [0, 0.1) is 0 Å². The zero-order valence-electron chi connectivity index (χ0n) is 14.8. The number of hydrogen-bond acceptors (Lipinski definition) is 5. The smallest absolute Gasteiger partial charge is 0.332 e. The maximum absolute atomic E-state index is 12.4. The van der Waals surface area contributed by atoms with Gasteiger partial charge in [0.25, 0.3) is 5.56 Å². The Labute approximate surface area is 158 Å². The molecule has 0 aliphatic heterocycles. The van der Waals surface area contributed by atoms with E-state index in [-0.39, 0.29) is 29.6 Å². The van der Waals surface area contributed by atoms with Crippen LogP contribution in [-0.2, 0) is 20.6 Å². The number of fused-ring (bicyclic) bond motifs is 1. The number of aliphatic hydroxyl groups is 1. The highest BCUT2D eigenvalue weighted by Crippen LogP contribution is 2.15. The molecule has 0 saturated carbocycles. The van der Waals surface area contributed by atoms with Gasteiger partial charge in [0.15, 0.2) is 11.2 Å². The highest BCUT2D eigenvalue weighted by Gasteiger charge is 2.16. The molecular formula is C16H22ClN5O5. The number of imidazole rings is 1. The van der Waals surface area contributed by atoms with Crippen molar-refractivity contribution in [1.29, 1.82) is 0 Å². The van der Waals surface area contributed by atoms with E-state index in [1.54, 1.807) is 23.7 Å². The van der Waals surface area contributed by atoms with E-state index in [1.165, 1.54) is 17.9 Å². The van der Waals surface area contributed by atoms with Gasteiger partial charge in [-0.05, 0) is 18.2 Å². The number of rotatable bonds is 5. The lowest BCUT2D eigenvalue weighted by molar-refractivity contribution is 0.168. The van der Waals surface area contributed by atoms with Crippen LogP contribution in [0.1, 0.15) is 0 Å². The van der Waals surface area contributed by atoms with Crippen LogP contribution in [0.3, 0.4) is 0 Å². The summed E-state index contributed by atoms with van der Waals surface area (Å²) in [6.07, 6.45) is 0.687. The van der Waals surface area contributed by atoms with Crippen LogP contribution < -0.4 is 16.6 Å². The Hall–Kier alpha value is -2.66. The van der Waals surface area contributed by atoms with E-state index in [1.807, 2.05) is 12.1 Å². The second-order valence-electron chi connectivity index (χ2n) is 5.82. The number of aryl methyl sites for hydroxylation is 1. The number of nitrogens with zero attached hydrogens (tertiary/aromatic N) is 4. The number of nitrogens with one attached hydrogen (secondary N) is 1. The van der Waals surface area contributed by atoms with Crippen molar-refractivity contribution >= 4 is 28.5 Å². The third-order valence-corrected chi connectivity index (χ3v) is 4.23. The molecule has 3 rings (SSSR count). The van der Waals surface area contributed by atoms with Gasteiger partial charge in [0.1, 0.15) is 0 Å². The Morgan fingerprint density at radius 2 is 1.93 bits per heavy atom. The quantitative estimate of drug-likeness (QED) is 0.557. The summed E-state index contributed by atoms with van der Waals surface area (Å²) in [4.78, 5) is 28.4. The SMILES string of the molecule is Cn1c(=O)c2c(ncn2CC(O)CNc2cccc(Cl)c2)n(C)c1=O.O.O. The molecule has 2 heterocycles. The molecule has 0 amide bonds. The molecule has 0 aliphatic carbocycles. The van der Waals surface area contributed by atoms with Crippen molar-refractivity contribution in [2.45, 2.75) is 12.6 Å². The number of anilines is 1. The number of aromatic nitrogens is 4. The third-order valence-electron chi connectivity index (χ3n) is 3.99. The first-order valence-corrected chi connectivity index (χ1v) is 8.04. The first kappa shape index (κ1) is 22.4. The Morgan fingerprint density at radius 1 is 1.22 bits per heavy atom. The standard InChI is InChI=1S/C16H18ClN5O3.2H2O/c1-20-14-13(15(24)21(2)16(20)25)22(9-19-14)8-12(23)7-18-11-5-3-4-10(17)6-11;;/h3-6,9,12,18,23H,7-8H2,1-2H3;2*1H2. The van der Waals surface area contributed by atoms with Crippen molar-refractivity contribution in [2.24, 2.45) is 14.1 Å². The highest BCUT2D eigenvalue weighted by molar-refractivity contribution is 6.30. The van der Waals surface area contributed by atoms with Crippen molar-refractivity contribution in [2.75, 3.05) is 11.9 Å². The molecule has 10 nitrogen and oxygen atoms in total. The first-order chi connectivity index (χ1) is 11.9. The molecule has 1 unspecified atom stereocenters. The van der Waals surface area contributed by atoms with E-state index >= 15 is 0 Å². The maximum Gasteiger partial charge on any atom is 0.332 e. The van der Waals surface area contributed by atoms with Gasteiger partial charge in [-0.3, -0.25) is 13.9 Å². The van der Waals surface area contributed by atoms with E-state index in [2.05, 4.69) is 10.3 Å². The third kappa shape index (κ3) is 4.37. The van der Waals surface area contributed by atoms with Gasteiger partial charge >= 0.3 is 5.69 Å². The van der Waals surface area contributed by atoms with Gasteiger partial charge in [-0.25, -0.2) is 9.78 Å². The summed E-state index contributed by atoms with van der Waals surface area (Å²) in [5, 5.41) is 14.0. The predicted octanol–water partition coefficient (Wildman–Crippen LogP) is -1.09. The average Bonchev–Trinajstić information content (AvgIpc) is 3.00. The molecule has 2 aromatic heterocycles. The van der Waals surface area contributed by atoms with Crippen LogP contribution in [-0.4, -0.2) is 47.4 Å². The minimum absolute atomic E-state index is 0. The minimum Gasteiger partial charge on any atom is -0.412 e. The average molecular weight is 400 g/mol. The van der Waals surface area contributed by atoms with E-state index in [9.17, 15) is 14.7 Å². The van der Waals surface area contributed by atoms with E-state index < -0.39 is 17.4 Å². The van der Waals surface area contributed by atoms with Gasteiger partial charge in [-0.1, -0.05) is 17.7 Å². The normalized spacial score (nSPS) is 11.6. The molecule has 0 fully saturated rings. The van der Waals surface area contributed by atoms with Gasteiger partial charge in [0.2, 0.25) is 0 Å². The number of hydrogen-bond donors (Lipinski definition) is 2. The molecule has 1 atom stereocenters. The number of benzene rings is 1. The monoisotopic (exact) mass is 399 g/mol. The summed E-state index contributed by atoms with van der Waals surface area (Å²) >= 11 is 5.92. The topological polar surface area (TPSA) is 157 Å². The largest absolute Gasteiger partial charge is 0.412 e. The van der Waals surface area contributed by atoms with Crippen LogP contribution in [0.25, 0.3) is 11.2 Å². The van der Waals surface area contributed by atoms with Crippen molar-refractivity contribution in [3.05, 3.63) is 56.5 Å². The van der Waals surface area contributed by atoms with Crippen LogP contribution in [0.4, 0.5) is 5.69 Å². The second kappa shape index (κ2) is 8.82. The van der Waals surface area contributed by atoms with Crippen LogP contribution in [0.2, 0.25) is 5.02 Å². The summed E-state index contributed by atoms with van der Waals surface area (Å²) in [7, 11) is 2.97. The van der Waals surface area contributed by atoms with Gasteiger partial charge in [0, 0.05) is 31.4 Å². The Morgan fingerprint density at radius 3 is 2.59 bits per heavy atom. The lowest BCUT2D eigenvalue weighted by Crippen LogP contribution is -2.38. The molecule has 0 bridgehead atoms. The van der Waals surface area contributed by atoms with Gasteiger partial charge in [-0.2, -0.15) is 0 Å². The molecule has 11 heteroatoms. The molecular weight excluding hydrogens is 378 g/mol. The van der Waals surface area contributed by atoms with E-state index in [4.69, 9.17) is 11.6 Å². The van der Waals surface area contributed by atoms with Crippen molar-refractivity contribution in [3.63, 3.8) is 0 Å². The summed E-state index contributed by atoms with van der Waals surface area (Å²) < 4.78 is 3.89. The van der Waals surface area contributed by atoms with Gasteiger partial charge < -0.3 is 25.9 Å². The minimum atomic E-state index is -0.765. The van der Waals surface area contributed by atoms with Crippen molar-refractivity contribution in [1.82, 2.24) is 18.7 Å². The van der Waals surface area contributed by atoms with Gasteiger partial charge in [0.05, 0.1) is 19.0 Å². The molecule has 3 aromatic rings. The van der Waals surface area contributed by atoms with Crippen molar-refractivity contribution in [3.8, 4) is 0 Å². The second-order valence-corrected chi connectivity index (χ2v) is 6.26. The summed E-state index contributed by atoms with van der Waals surface area (Å²) in [6.45, 7) is 0.434. The number of halogens is 1. The van der Waals surface area contributed by atoms with Crippen LogP contribution in [0.15, 0.2) is 40.2 Å². The van der Waals surface area contributed by atoms with E-state index in [0.717, 1.165) is 10.3 Å². The summed E-state index contributed by atoms with van der Waals surface area (Å²) in [5.74, 6) is 0. The molecule has 0 radical (unpaired) electrons. The fraction of sp³-hybridized carbons (Fsp3) is 0.312. The fourth-order valence-corrected chi connectivity index (χ4v) is 2.85. The lowest BCUT2D eigenvalue weighted by Gasteiger charge is -2.14. The molecule has 0 aliphatic rings. The lowest BCUT2D eigenvalue weighted by atomic mass is 10.3. The molecule has 0 saturated heterocycles. The first-order valence-electron chi connectivity index (χ1n) is 7.67. The maximum atomic E-state index is 12.4. The Kier molecular flexibility index (Phi) is 7.31. The highest BCUT2D eigenvalue weighted by atomic mass is 35.5. The molecule has 1 aromatic carbocycles. The Balaban J connectivity index is 0.00000182. The number of aliphatic hydroxyl groups excluding tert-OH is 1. The predicted molar refractivity (Wildman–Crippen MR) is 103 cm³/mol. The molecule has 0 spiro atoms. The van der Waals surface area contributed by atoms with Crippen LogP contribution in [0.5, 0.6) is 0 Å². The zero-order chi connectivity index (χ0) is 18.1. The molecule has 148 valence electrons.